The molecule has 0 spiro atoms. The monoisotopic (exact) mass is 395 g/mol. The number of anilines is 1. The maximum Gasteiger partial charge on any atom is 0.305 e. The van der Waals surface area contributed by atoms with Crippen LogP contribution < -0.4 is 4.90 Å². The number of carboxylic acid groups (broad SMARTS) is 1. The lowest BCUT2D eigenvalue weighted by Crippen LogP contribution is -2.35. The number of carbonyl (C=O) groups is 2. The van der Waals surface area contributed by atoms with Crippen LogP contribution in [0.25, 0.3) is 0 Å². The molecule has 0 aliphatic carbocycles. The Bertz CT molecular complexity index is 843. The molecule has 2 aromatic rings. The van der Waals surface area contributed by atoms with Crippen LogP contribution in [0.2, 0.25) is 10.0 Å². The van der Waals surface area contributed by atoms with Crippen LogP contribution >= 0.6 is 35.0 Å². The molecule has 2 atom stereocenters. The standard InChI is InChI=1S/C18H15Cl2NO3S/c1-21-14-7-6-10(19)8-12(14)17(11-4-2-3-5-13(11)20)25-15(18(21)24)9-16(22)23/h2-8,15,17H,9H2,1H3,(H,22,23). The van der Waals surface area contributed by atoms with Crippen LogP contribution in [-0.2, 0) is 9.59 Å². The van der Waals surface area contributed by atoms with Crippen LogP contribution in [0.1, 0.15) is 22.8 Å². The molecule has 1 heterocycles. The largest absolute Gasteiger partial charge is 0.481 e. The van der Waals surface area contributed by atoms with Crippen molar-refractivity contribution in [1.29, 1.82) is 0 Å². The minimum Gasteiger partial charge on any atom is -0.481 e. The topological polar surface area (TPSA) is 57.6 Å². The summed E-state index contributed by atoms with van der Waals surface area (Å²) in [6.45, 7) is 0. The van der Waals surface area contributed by atoms with E-state index < -0.39 is 11.2 Å². The second-order valence-corrected chi connectivity index (χ2v) is 7.88. The first kappa shape index (κ1) is 18.1. The molecule has 0 saturated carbocycles. The Morgan fingerprint density at radius 3 is 2.60 bits per heavy atom. The molecule has 7 heteroatoms. The van der Waals surface area contributed by atoms with E-state index in [1.165, 1.54) is 16.7 Å². The Labute approximate surface area is 159 Å². The van der Waals surface area contributed by atoms with E-state index >= 15 is 0 Å². The maximum atomic E-state index is 12.8. The third-order valence-corrected chi connectivity index (χ3v) is 6.14. The Morgan fingerprint density at radius 1 is 1.20 bits per heavy atom. The number of hydrogen-bond donors (Lipinski definition) is 1. The number of rotatable bonds is 3. The van der Waals surface area contributed by atoms with Gasteiger partial charge in [0.1, 0.15) is 0 Å². The second kappa shape index (κ2) is 7.28. The summed E-state index contributed by atoms with van der Waals surface area (Å²) in [5.41, 5.74) is 2.38. The summed E-state index contributed by atoms with van der Waals surface area (Å²) >= 11 is 13.9. The molecule has 1 aliphatic heterocycles. The molecule has 25 heavy (non-hydrogen) atoms. The van der Waals surface area contributed by atoms with Gasteiger partial charge in [-0.25, -0.2) is 0 Å². The van der Waals surface area contributed by atoms with Crippen molar-refractivity contribution in [2.45, 2.75) is 16.9 Å². The van der Waals surface area contributed by atoms with Crippen molar-refractivity contribution >= 4 is 52.5 Å². The Balaban J connectivity index is 2.18. The van der Waals surface area contributed by atoms with Crippen LogP contribution in [0.3, 0.4) is 0 Å². The first-order valence-electron chi connectivity index (χ1n) is 7.57. The van der Waals surface area contributed by atoms with Crippen molar-refractivity contribution in [1.82, 2.24) is 0 Å². The molecule has 1 amide bonds. The van der Waals surface area contributed by atoms with Crippen LogP contribution in [-0.4, -0.2) is 29.3 Å². The molecule has 1 aliphatic rings. The highest BCUT2D eigenvalue weighted by Crippen LogP contribution is 2.48. The van der Waals surface area contributed by atoms with Gasteiger partial charge in [0.05, 0.1) is 16.9 Å². The number of halogens is 2. The highest BCUT2D eigenvalue weighted by molar-refractivity contribution is 8.01. The summed E-state index contributed by atoms with van der Waals surface area (Å²) in [5.74, 6) is -1.26. The SMILES string of the molecule is CN1C(=O)C(CC(=O)O)SC(c2ccccc2Cl)c2cc(Cl)ccc21. The first-order chi connectivity index (χ1) is 11.9. The van der Waals surface area contributed by atoms with Crippen LogP contribution in [0, 0.1) is 0 Å². The van der Waals surface area contributed by atoms with Crippen molar-refractivity contribution < 1.29 is 14.7 Å². The van der Waals surface area contributed by atoms with Gasteiger partial charge < -0.3 is 10.0 Å². The fourth-order valence-electron chi connectivity index (χ4n) is 2.89. The predicted octanol–water partition coefficient (Wildman–Crippen LogP) is 4.64. The lowest BCUT2D eigenvalue weighted by atomic mass is 10.0. The van der Waals surface area contributed by atoms with E-state index in [0.29, 0.717) is 15.7 Å². The number of aliphatic carboxylic acids is 1. The van der Waals surface area contributed by atoms with E-state index in [1.54, 1.807) is 25.2 Å². The number of thioether (sulfide) groups is 1. The number of carboxylic acids is 1. The number of benzene rings is 2. The van der Waals surface area contributed by atoms with Crippen molar-refractivity contribution in [3.63, 3.8) is 0 Å². The van der Waals surface area contributed by atoms with Gasteiger partial charge in [-0.1, -0.05) is 41.4 Å². The second-order valence-electron chi connectivity index (χ2n) is 5.72. The highest BCUT2D eigenvalue weighted by atomic mass is 35.5. The molecule has 4 nitrogen and oxygen atoms in total. The average Bonchev–Trinajstić information content (AvgIpc) is 2.66. The van der Waals surface area contributed by atoms with Gasteiger partial charge in [-0.15, -0.1) is 11.8 Å². The zero-order valence-electron chi connectivity index (χ0n) is 13.3. The summed E-state index contributed by atoms with van der Waals surface area (Å²) in [6.07, 6.45) is -0.253. The van der Waals surface area contributed by atoms with Gasteiger partial charge in [-0.3, -0.25) is 9.59 Å². The smallest absolute Gasteiger partial charge is 0.305 e. The van der Waals surface area contributed by atoms with Gasteiger partial charge in [0.2, 0.25) is 5.91 Å². The molecular weight excluding hydrogens is 381 g/mol. The minimum atomic E-state index is -1.01. The third kappa shape index (κ3) is 3.64. The van der Waals surface area contributed by atoms with Crippen LogP contribution in [0.4, 0.5) is 5.69 Å². The molecule has 2 unspecified atom stereocenters. The van der Waals surface area contributed by atoms with E-state index in [-0.39, 0.29) is 17.6 Å². The van der Waals surface area contributed by atoms with Gasteiger partial charge >= 0.3 is 5.97 Å². The minimum absolute atomic E-state index is 0.245. The van der Waals surface area contributed by atoms with E-state index in [1.807, 2.05) is 24.3 Å². The van der Waals surface area contributed by atoms with Crippen LogP contribution in [0.5, 0.6) is 0 Å². The molecule has 2 aromatic carbocycles. The number of hydrogen-bond acceptors (Lipinski definition) is 3. The summed E-state index contributed by atoms with van der Waals surface area (Å²) < 4.78 is 0. The van der Waals surface area contributed by atoms with Gasteiger partial charge in [0.15, 0.2) is 0 Å². The molecule has 0 radical (unpaired) electrons. The fourth-order valence-corrected chi connectivity index (χ4v) is 4.91. The fraction of sp³-hybridized carbons (Fsp3) is 0.222. The Hall–Kier alpha value is -1.69. The van der Waals surface area contributed by atoms with Crippen molar-refractivity contribution in [3.05, 3.63) is 63.6 Å². The molecule has 130 valence electrons. The third-order valence-electron chi connectivity index (χ3n) is 4.09. The quantitative estimate of drug-likeness (QED) is 0.822. The highest BCUT2D eigenvalue weighted by Gasteiger charge is 2.36. The maximum absolute atomic E-state index is 12.8. The molecule has 0 bridgehead atoms. The summed E-state index contributed by atoms with van der Waals surface area (Å²) in [5, 5.41) is 9.32. The Morgan fingerprint density at radius 2 is 1.92 bits per heavy atom. The molecule has 0 aromatic heterocycles. The average molecular weight is 396 g/mol. The van der Waals surface area contributed by atoms with Crippen LogP contribution in [0.15, 0.2) is 42.5 Å². The lowest BCUT2D eigenvalue weighted by Gasteiger charge is -2.21. The molecule has 1 N–H and O–H groups in total. The molecule has 3 rings (SSSR count). The van der Waals surface area contributed by atoms with Gasteiger partial charge in [-0.05, 0) is 35.4 Å². The van der Waals surface area contributed by atoms with E-state index in [4.69, 9.17) is 23.2 Å². The van der Waals surface area contributed by atoms with Crippen molar-refractivity contribution in [2.75, 3.05) is 11.9 Å². The summed E-state index contributed by atoms with van der Waals surface area (Å²) in [7, 11) is 1.65. The summed E-state index contributed by atoms with van der Waals surface area (Å²) in [6, 6.07) is 12.7. The molecular formula is C18H15Cl2NO3S. The molecule has 0 fully saturated rings. The zero-order valence-corrected chi connectivity index (χ0v) is 15.6. The normalized spacial score (nSPS) is 20.1. The predicted molar refractivity (Wildman–Crippen MR) is 102 cm³/mol. The van der Waals surface area contributed by atoms with Crippen molar-refractivity contribution in [2.24, 2.45) is 0 Å². The van der Waals surface area contributed by atoms with Gasteiger partial charge in [0, 0.05) is 22.8 Å². The van der Waals surface area contributed by atoms with Gasteiger partial charge in [-0.2, -0.15) is 0 Å². The van der Waals surface area contributed by atoms with E-state index in [2.05, 4.69) is 0 Å². The zero-order chi connectivity index (χ0) is 18.1. The number of nitrogens with zero attached hydrogens (tertiary/aromatic N) is 1. The first-order valence-corrected chi connectivity index (χ1v) is 9.27. The molecule has 0 saturated heterocycles. The number of amides is 1. The van der Waals surface area contributed by atoms with E-state index in [9.17, 15) is 14.7 Å². The summed E-state index contributed by atoms with van der Waals surface area (Å²) in [4.78, 5) is 25.5. The number of fused-ring (bicyclic) bond motifs is 1. The van der Waals surface area contributed by atoms with Crippen molar-refractivity contribution in [3.8, 4) is 0 Å². The Kier molecular flexibility index (Phi) is 5.27. The van der Waals surface area contributed by atoms with Gasteiger partial charge in [0.25, 0.3) is 0 Å². The lowest BCUT2D eigenvalue weighted by molar-refractivity contribution is -0.138. The number of carbonyl (C=O) groups excluding carboxylic acids is 1. The van der Waals surface area contributed by atoms with E-state index in [0.717, 1.165) is 11.1 Å².